The van der Waals surface area contributed by atoms with Gasteiger partial charge in [-0.2, -0.15) is 0 Å². The van der Waals surface area contributed by atoms with Crippen molar-refractivity contribution in [1.29, 1.82) is 0 Å². The SMILES string of the molecule is Cc1cc(C)c2oc(=O)c(-c3cc4cc(C)cc(C)c4oc3=O)cc2c1. The topological polar surface area (TPSA) is 60.4 Å². The average molecular weight is 346 g/mol. The Kier molecular flexibility index (Phi) is 3.58. The molecular formula is C22H18O4. The Hall–Kier alpha value is -3.14. The molecule has 2 aromatic carbocycles. The van der Waals surface area contributed by atoms with Gasteiger partial charge >= 0.3 is 11.3 Å². The lowest BCUT2D eigenvalue weighted by Crippen LogP contribution is -2.11. The van der Waals surface area contributed by atoms with Gasteiger partial charge < -0.3 is 8.83 Å². The summed E-state index contributed by atoms with van der Waals surface area (Å²) in [4.78, 5) is 25.1. The third-order valence-electron chi connectivity index (χ3n) is 4.61. The van der Waals surface area contributed by atoms with Gasteiger partial charge in [0, 0.05) is 10.8 Å². The Balaban J connectivity index is 2.06. The first-order valence-corrected chi connectivity index (χ1v) is 8.44. The number of benzene rings is 2. The summed E-state index contributed by atoms with van der Waals surface area (Å²) < 4.78 is 11.0. The van der Waals surface area contributed by atoms with Gasteiger partial charge in [0.25, 0.3) is 0 Å². The molecule has 0 unspecified atom stereocenters. The van der Waals surface area contributed by atoms with Gasteiger partial charge in [-0.1, -0.05) is 23.3 Å². The van der Waals surface area contributed by atoms with Crippen LogP contribution >= 0.6 is 0 Å². The van der Waals surface area contributed by atoms with E-state index in [1.165, 1.54) is 0 Å². The molecular weight excluding hydrogens is 328 g/mol. The second kappa shape index (κ2) is 5.70. The molecule has 0 N–H and O–H groups in total. The molecule has 0 fully saturated rings. The molecule has 4 nitrogen and oxygen atoms in total. The van der Waals surface area contributed by atoms with Crippen LogP contribution in [0.4, 0.5) is 0 Å². The zero-order chi connectivity index (χ0) is 18.6. The number of aryl methyl sites for hydroxylation is 4. The first-order chi connectivity index (χ1) is 12.3. The molecule has 4 heteroatoms. The molecule has 0 aliphatic rings. The highest BCUT2D eigenvalue weighted by Crippen LogP contribution is 2.26. The van der Waals surface area contributed by atoms with E-state index in [0.29, 0.717) is 11.2 Å². The molecule has 4 rings (SSSR count). The minimum Gasteiger partial charge on any atom is -0.422 e. The summed E-state index contributed by atoms with van der Waals surface area (Å²) in [5, 5.41) is 1.58. The number of fused-ring (bicyclic) bond motifs is 2. The number of hydrogen-bond donors (Lipinski definition) is 0. The molecule has 0 amide bonds. The highest BCUT2D eigenvalue weighted by molar-refractivity contribution is 5.88. The van der Waals surface area contributed by atoms with Crippen LogP contribution < -0.4 is 11.3 Å². The monoisotopic (exact) mass is 346 g/mol. The highest BCUT2D eigenvalue weighted by atomic mass is 16.4. The standard InChI is InChI=1S/C22H18O4/c1-11-5-13(3)19-15(7-11)9-17(21(23)25-19)18-10-16-8-12(2)6-14(4)20(16)26-22(18)24/h5-10H,1-4H3. The summed E-state index contributed by atoms with van der Waals surface area (Å²) in [5.41, 5.74) is 4.34. The predicted molar refractivity (Wildman–Crippen MR) is 103 cm³/mol. The number of rotatable bonds is 1. The molecule has 0 bridgehead atoms. The lowest BCUT2D eigenvalue weighted by atomic mass is 10.0. The van der Waals surface area contributed by atoms with Crippen molar-refractivity contribution in [2.24, 2.45) is 0 Å². The van der Waals surface area contributed by atoms with E-state index in [-0.39, 0.29) is 11.1 Å². The van der Waals surface area contributed by atoms with Crippen LogP contribution in [0.1, 0.15) is 22.3 Å². The van der Waals surface area contributed by atoms with Crippen LogP contribution in [0, 0.1) is 27.7 Å². The summed E-state index contributed by atoms with van der Waals surface area (Å²) in [6, 6.07) is 11.2. The van der Waals surface area contributed by atoms with E-state index in [1.807, 2.05) is 52.0 Å². The molecule has 0 radical (unpaired) electrons. The van der Waals surface area contributed by atoms with Crippen molar-refractivity contribution < 1.29 is 8.83 Å². The van der Waals surface area contributed by atoms with Gasteiger partial charge in [0.1, 0.15) is 11.2 Å². The molecule has 0 aliphatic heterocycles. The smallest absolute Gasteiger partial charge is 0.344 e. The maximum atomic E-state index is 12.5. The summed E-state index contributed by atoms with van der Waals surface area (Å²) in [6.45, 7) is 7.75. The minimum atomic E-state index is -0.541. The molecule has 0 spiro atoms. The van der Waals surface area contributed by atoms with Gasteiger partial charge in [-0.05, 0) is 63.1 Å². The first kappa shape index (κ1) is 16.3. The van der Waals surface area contributed by atoms with E-state index in [2.05, 4.69) is 0 Å². The van der Waals surface area contributed by atoms with E-state index in [0.717, 1.165) is 33.0 Å². The molecule has 0 atom stereocenters. The van der Waals surface area contributed by atoms with Gasteiger partial charge in [0.15, 0.2) is 0 Å². The molecule has 2 aromatic heterocycles. The van der Waals surface area contributed by atoms with Crippen LogP contribution in [0.15, 0.2) is 54.8 Å². The maximum Gasteiger partial charge on any atom is 0.344 e. The van der Waals surface area contributed by atoms with Crippen molar-refractivity contribution in [2.75, 3.05) is 0 Å². The molecule has 26 heavy (non-hydrogen) atoms. The quantitative estimate of drug-likeness (QED) is 0.465. The molecule has 4 aromatic rings. The van der Waals surface area contributed by atoms with Crippen LogP contribution in [0.25, 0.3) is 33.1 Å². The van der Waals surface area contributed by atoms with Crippen LogP contribution in [0.3, 0.4) is 0 Å². The third kappa shape index (κ3) is 2.54. The first-order valence-electron chi connectivity index (χ1n) is 8.44. The van der Waals surface area contributed by atoms with Crippen molar-refractivity contribution in [3.8, 4) is 11.1 Å². The summed E-state index contributed by atoms with van der Waals surface area (Å²) in [5.74, 6) is 0. The van der Waals surface area contributed by atoms with Gasteiger partial charge in [0.2, 0.25) is 0 Å². The van der Waals surface area contributed by atoms with E-state index in [4.69, 9.17) is 8.83 Å². The number of hydrogen-bond acceptors (Lipinski definition) is 4. The summed E-state index contributed by atoms with van der Waals surface area (Å²) in [6.07, 6.45) is 0. The van der Waals surface area contributed by atoms with E-state index < -0.39 is 11.3 Å². The fraction of sp³-hybridized carbons (Fsp3) is 0.182. The molecule has 130 valence electrons. The highest BCUT2D eigenvalue weighted by Gasteiger charge is 2.16. The third-order valence-corrected chi connectivity index (χ3v) is 4.61. The molecule has 2 heterocycles. The largest absolute Gasteiger partial charge is 0.422 e. The Labute approximate surface area is 149 Å². The fourth-order valence-corrected chi connectivity index (χ4v) is 3.57. The summed E-state index contributed by atoms with van der Waals surface area (Å²) in [7, 11) is 0. The molecule has 0 saturated carbocycles. The second-order valence-electron chi connectivity index (χ2n) is 6.90. The van der Waals surface area contributed by atoms with Gasteiger partial charge in [0.05, 0.1) is 11.1 Å². The van der Waals surface area contributed by atoms with Crippen LogP contribution in [0.5, 0.6) is 0 Å². The maximum absolute atomic E-state index is 12.5. The Morgan fingerprint density at radius 2 is 0.962 bits per heavy atom. The minimum absolute atomic E-state index is 0.220. The van der Waals surface area contributed by atoms with Gasteiger partial charge in [-0.3, -0.25) is 0 Å². The van der Waals surface area contributed by atoms with Crippen LogP contribution in [0.2, 0.25) is 0 Å². The van der Waals surface area contributed by atoms with Gasteiger partial charge in [-0.15, -0.1) is 0 Å². The Morgan fingerprint density at radius 3 is 1.35 bits per heavy atom. The van der Waals surface area contributed by atoms with Gasteiger partial charge in [-0.25, -0.2) is 9.59 Å². The molecule has 0 saturated heterocycles. The van der Waals surface area contributed by atoms with Crippen LogP contribution in [-0.2, 0) is 0 Å². The summed E-state index contributed by atoms with van der Waals surface area (Å²) >= 11 is 0. The van der Waals surface area contributed by atoms with Crippen LogP contribution in [-0.4, -0.2) is 0 Å². The average Bonchev–Trinajstić information content (AvgIpc) is 2.55. The van der Waals surface area contributed by atoms with E-state index in [9.17, 15) is 9.59 Å². The van der Waals surface area contributed by atoms with Crippen molar-refractivity contribution >= 4 is 21.9 Å². The van der Waals surface area contributed by atoms with Crippen molar-refractivity contribution in [1.82, 2.24) is 0 Å². The zero-order valence-electron chi connectivity index (χ0n) is 15.1. The lowest BCUT2D eigenvalue weighted by molar-refractivity contribution is 0.551. The van der Waals surface area contributed by atoms with E-state index in [1.54, 1.807) is 12.1 Å². The van der Waals surface area contributed by atoms with E-state index >= 15 is 0 Å². The van der Waals surface area contributed by atoms with Crippen molar-refractivity contribution in [2.45, 2.75) is 27.7 Å². The zero-order valence-corrected chi connectivity index (χ0v) is 15.1. The fourth-order valence-electron chi connectivity index (χ4n) is 3.57. The normalized spacial score (nSPS) is 11.4. The Morgan fingerprint density at radius 1 is 0.577 bits per heavy atom. The lowest BCUT2D eigenvalue weighted by Gasteiger charge is -2.07. The van der Waals surface area contributed by atoms with Crippen molar-refractivity contribution in [3.05, 3.63) is 79.5 Å². The Bertz CT molecular complexity index is 1200. The molecule has 0 aliphatic carbocycles. The second-order valence-corrected chi connectivity index (χ2v) is 6.90. The predicted octanol–water partition coefficient (Wildman–Crippen LogP) is 4.80. The van der Waals surface area contributed by atoms with Crippen molar-refractivity contribution in [3.63, 3.8) is 0 Å².